The van der Waals surface area contributed by atoms with Crippen molar-refractivity contribution in [1.82, 2.24) is 9.88 Å². The zero-order valence-corrected chi connectivity index (χ0v) is 19.1. The summed E-state index contributed by atoms with van der Waals surface area (Å²) in [6, 6.07) is 30.0. The molecule has 0 saturated carbocycles. The van der Waals surface area contributed by atoms with E-state index in [1.807, 2.05) is 92.0 Å². The number of benzene rings is 3. The number of amides is 1. The van der Waals surface area contributed by atoms with E-state index in [9.17, 15) is 4.79 Å². The van der Waals surface area contributed by atoms with Crippen LogP contribution in [0.5, 0.6) is 11.8 Å². The normalized spacial score (nSPS) is 12.5. The molecular formula is C29H26N2O3. The fourth-order valence-corrected chi connectivity index (χ4v) is 4.10. The highest BCUT2D eigenvalue weighted by Crippen LogP contribution is 2.27. The lowest BCUT2D eigenvalue weighted by atomic mass is 10.0. The van der Waals surface area contributed by atoms with Crippen LogP contribution in [-0.4, -0.2) is 22.8 Å². The van der Waals surface area contributed by atoms with Gasteiger partial charge in [-0.1, -0.05) is 72.8 Å². The number of carbonyl (C=O) groups excluding carboxylic acids is 1. The number of pyridine rings is 1. The molecule has 1 aromatic heterocycles. The maximum Gasteiger partial charge on any atom is 0.254 e. The van der Waals surface area contributed by atoms with Crippen LogP contribution < -0.4 is 9.47 Å². The van der Waals surface area contributed by atoms with Gasteiger partial charge in [-0.25, -0.2) is 0 Å². The van der Waals surface area contributed by atoms with Crippen molar-refractivity contribution in [3.05, 3.63) is 124 Å². The minimum Gasteiger partial charge on any atom is -0.473 e. The summed E-state index contributed by atoms with van der Waals surface area (Å²) in [5, 5.41) is 0. The molecule has 5 nitrogen and oxygen atoms in total. The van der Waals surface area contributed by atoms with E-state index < -0.39 is 0 Å². The molecule has 0 aliphatic carbocycles. The summed E-state index contributed by atoms with van der Waals surface area (Å²) in [6.07, 6.45) is 0.654. The molecule has 0 atom stereocenters. The standard InChI is InChI=1S/C29H26N2O3/c1-31-18-25-17-23(12-14-26(25)29(31)32)16-24-13-15-27(33-19-21-8-4-2-5-9-21)30-28(24)34-20-22-10-6-3-7-11-22/h2-15,17H,16,18-20H2,1H3. The molecule has 1 aliphatic rings. The average molecular weight is 451 g/mol. The number of fused-ring (bicyclic) bond motifs is 1. The van der Waals surface area contributed by atoms with Crippen molar-refractivity contribution in [2.75, 3.05) is 7.05 Å². The zero-order chi connectivity index (χ0) is 23.3. The molecule has 0 unspecified atom stereocenters. The van der Waals surface area contributed by atoms with Gasteiger partial charge in [0, 0.05) is 37.2 Å². The Morgan fingerprint density at radius 3 is 2.18 bits per heavy atom. The van der Waals surface area contributed by atoms with Crippen LogP contribution in [0.4, 0.5) is 0 Å². The lowest BCUT2D eigenvalue weighted by molar-refractivity contribution is 0.0816. The van der Waals surface area contributed by atoms with Crippen molar-refractivity contribution in [2.45, 2.75) is 26.2 Å². The van der Waals surface area contributed by atoms with E-state index in [4.69, 9.17) is 9.47 Å². The van der Waals surface area contributed by atoms with E-state index in [1.54, 1.807) is 4.90 Å². The Kier molecular flexibility index (Phi) is 6.25. The fraction of sp³-hybridized carbons (Fsp3) is 0.172. The Morgan fingerprint density at radius 1 is 0.794 bits per heavy atom. The third-order valence-corrected chi connectivity index (χ3v) is 5.91. The first-order chi connectivity index (χ1) is 16.7. The van der Waals surface area contributed by atoms with Gasteiger partial charge < -0.3 is 14.4 Å². The molecule has 0 bridgehead atoms. The quantitative estimate of drug-likeness (QED) is 0.360. The summed E-state index contributed by atoms with van der Waals surface area (Å²) in [5.74, 6) is 1.16. The summed E-state index contributed by atoms with van der Waals surface area (Å²) in [4.78, 5) is 18.7. The molecule has 0 radical (unpaired) electrons. The van der Waals surface area contributed by atoms with Gasteiger partial charge in [0.2, 0.25) is 11.8 Å². The summed E-state index contributed by atoms with van der Waals surface area (Å²) >= 11 is 0. The molecule has 1 aliphatic heterocycles. The molecule has 34 heavy (non-hydrogen) atoms. The van der Waals surface area contributed by atoms with Crippen molar-refractivity contribution in [2.24, 2.45) is 0 Å². The van der Waals surface area contributed by atoms with Gasteiger partial charge in [0.15, 0.2) is 0 Å². The number of nitrogens with zero attached hydrogens (tertiary/aromatic N) is 2. The van der Waals surface area contributed by atoms with Crippen molar-refractivity contribution in [1.29, 1.82) is 0 Å². The van der Waals surface area contributed by atoms with E-state index in [-0.39, 0.29) is 5.91 Å². The Balaban J connectivity index is 1.37. The van der Waals surface area contributed by atoms with Crippen molar-refractivity contribution in [3.8, 4) is 11.8 Å². The Hall–Kier alpha value is -4.12. The molecule has 5 rings (SSSR count). The summed E-state index contributed by atoms with van der Waals surface area (Å²) in [7, 11) is 1.83. The van der Waals surface area contributed by atoms with Crippen LogP contribution in [0.2, 0.25) is 0 Å². The van der Waals surface area contributed by atoms with E-state index in [0.717, 1.165) is 33.4 Å². The third-order valence-electron chi connectivity index (χ3n) is 5.91. The van der Waals surface area contributed by atoms with Crippen molar-refractivity contribution >= 4 is 5.91 Å². The molecule has 0 N–H and O–H groups in total. The Labute approximate surface area is 199 Å². The predicted octanol–water partition coefficient (Wildman–Crippen LogP) is 5.42. The van der Waals surface area contributed by atoms with E-state index in [1.165, 1.54) is 0 Å². The van der Waals surface area contributed by atoms with Crippen molar-refractivity contribution in [3.63, 3.8) is 0 Å². The second kappa shape index (κ2) is 9.79. The van der Waals surface area contributed by atoms with Gasteiger partial charge in [0.05, 0.1) is 0 Å². The first-order valence-electron chi connectivity index (χ1n) is 11.4. The molecular weight excluding hydrogens is 424 g/mol. The van der Waals surface area contributed by atoms with Gasteiger partial charge in [-0.15, -0.1) is 0 Å². The second-order valence-corrected chi connectivity index (χ2v) is 8.49. The number of aromatic nitrogens is 1. The van der Waals surface area contributed by atoms with Gasteiger partial charge in [-0.3, -0.25) is 4.79 Å². The summed E-state index contributed by atoms with van der Waals surface area (Å²) in [6.45, 7) is 1.51. The number of hydrogen-bond donors (Lipinski definition) is 0. The molecule has 2 heterocycles. The number of rotatable bonds is 8. The van der Waals surface area contributed by atoms with Crippen LogP contribution >= 0.6 is 0 Å². The van der Waals surface area contributed by atoms with Crippen LogP contribution in [0.1, 0.15) is 38.2 Å². The highest BCUT2D eigenvalue weighted by atomic mass is 16.5. The SMILES string of the molecule is CN1Cc2cc(Cc3ccc(OCc4ccccc4)nc3OCc3ccccc3)ccc2C1=O. The maximum atomic E-state index is 12.2. The maximum absolute atomic E-state index is 12.2. The van der Waals surface area contributed by atoms with Gasteiger partial charge >= 0.3 is 0 Å². The molecule has 170 valence electrons. The lowest BCUT2D eigenvalue weighted by Gasteiger charge is -2.14. The fourth-order valence-electron chi connectivity index (χ4n) is 4.10. The minimum absolute atomic E-state index is 0.0787. The zero-order valence-electron chi connectivity index (χ0n) is 19.1. The number of carbonyl (C=O) groups is 1. The topological polar surface area (TPSA) is 51.7 Å². The van der Waals surface area contributed by atoms with Crippen molar-refractivity contribution < 1.29 is 14.3 Å². The second-order valence-electron chi connectivity index (χ2n) is 8.49. The van der Waals surface area contributed by atoms with Gasteiger partial charge in [-0.2, -0.15) is 4.98 Å². The van der Waals surface area contributed by atoms with Gasteiger partial charge in [0.25, 0.3) is 5.91 Å². The third kappa shape index (κ3) is 4.94. The average Bonchev–Trinajstić information content (AvgIpc) is 3.16. The van der Waals surface area contributed by atoms with E-state index in [0.29, 0.717) is 37.9 Å². The molecule has 5 heteroatoms. The predicted molar refractivity (Wildman–Crippen MR) is 131 cm³/mol. The largest absolute Gasteiger partial charge is 0.473 e. The van der Waals surface area contributed by atoms with Gasteiger partial charge in [0.1, 0.15) is 13.2 Å². The van der Waals surface area contributed by atoms with Crippen LogP contribution in [0.25, 0.3) is 0 Å². The molecule has 0 saturated heterocycles. The summed E-state index contributed by atoms with van der Waals surface area (Å²) < 4.78 is 12.1. The molecule has 3 aromatic carbocycles. The monoisotopic (exact) mass is 450 g/mol. The highest BCUT2D eigenvalue weighted by molar-refractivity contribution is 5.98. The lowest BCUT2D eigenvalue weighted by Crippen LogP contribution is -2.17. The van der Waals surface area contributed by atoms with Crippen LogP contribution in [-0.2, 0) is 26.2 Å². The van der Waals surface area contributed by atoms with Crippen LogP contribution in [0.15, 0.2) is 91.0 Å². The van der Waals surface area contributed by atoms with E-state index >= 15 is 0 Å². The highest BCUT2D eigenvalue weighted by Gasteiger charge is 2.24. The number of hydrogen-bond acceptors (Lipinski definition) is 4. The Morgan fingerprint density at radius 2 is 1.47 bits per heavy atom. The number of ether oxygens (including phenoxy) is 2. The first-order valence-corrected chi connectivity index (χ1v) is 11.4. The Bertz CT molecular complexity index is 1290. The van der Waals surface area contributed by atoms with Gasteiger partial charge in [-0.05, 0) is 34.4 Å². The first kappa shape index (κ1) is 21.7. The molecule has 4 aromatic rings. The minimum atomic E-state index is 0.0787. The molecule has 0 spiro atoms. The molecule has 1 amide bonds. The van der Waals surface area contributed by atoms with E-state index in [2.05, 4.69) is 11.1 Å². The van der Waals surface area contributed by atoms with Crippen LogP contribution in [0.3, 0.4) is 0 Å². The molecule has 0 fully saturated rings. The smallest absolute Gasteiger partial charge is 0.254 e. The van der Waals surface area contributed by atoms with Crippen LogP contribution in [0, 0.1) is 0 Å². The summed E-state index contributed by atoms with van der Waals surface area (Å²) in [5.41, 5.74) is 6.09.